The van der Waals surface area contributed by atoms with E-state index in [1.807, 2.05) is 0 Å². The molecule has 4 nitrogen and oxygen atoms in total. The summed E-state index contributed by atoms with van der Waals surface area (Å²) < 4.78 is 55.2. The van der Waals surface area contributed by atoms with Gasteiger partial charge in [0.25, 0.3) is 12.3 Å². The Labute approximate surface area is 149 Å². The number of benzene rings is 1. The van der Waals surface area contributed by atoms with Gasteiger partial charge in [0.15, 0.2) is 5.69 Å². The van der Waals surface area contributed by atoms with Crippen LogP contribution in [-0.4, -0.2) is 39.6 Å². The summed E-state index contributed by atoms with van der Waals surface area (Å²) in [7, 11) is 0. The molecule has 2 heterocycles. The first-order chi connectivity index (χ1) is 11.8. The van der Waals surface area contributed by atoms with Crippen molar-refractivity contribution in [2.24, 2.45) is 0 Å². The highest BCUT2D eigenvalue weighted by atomic mass is 79.9. The molecule has 0 bridgehead atoms. The SMILES string of the molecule is CC(C(F)F)N1CCc2c(nn(Cc3c(F)cccc3F)c2Br)C1=O. The van der Waals surface area contributed by atoms with Crippen molar-refractivity contribution in [2.45, 2.75) is 32.4 Å². The monoisotopic (exact) mass is 419 g/mol. The highest BCUT2D eigenvalue weighted by Crippen LogP contribution is 2.29. The van der Waals surface area contributed by atoms with Crippen molar-refractivity contribution in [2.75, 3.05) is 6.54 Å². The molecular weight excluding hydrogens is 406 g/mol. The lowest BCUT2D eigenvalue weighted by atomic mass is 10.1. The Morgan fingerprint density at radius 1 is 1.28 bits per heavy atom. The average molecular weight is 420 g/mol. The van der Waals surface area contributed by atoms with E-state index in [1.165, 1.54) is 17.7 Å². The van der Waals surface area contributed by atoms with Gasteiger partial charge in [-0.2, -0.15) is 5.10 Å². The van der Waals surface area contributed by atoms with Crippen LogP contribution in [0.25, 0.3) is 0 Å². The van der Waals surface area contributed by atoms with Gasteiger partial charge in [0.2, 0.25) is 0 Å². The lowest BCUT2D eigenvalue weighted by Gasteiger charge is -2.31. The molecular formula is C16H14BrF4N3O. The lowest BCUT2D eigenvalue weighted by Crippen LogP contribution is -2.46. The molecule has 0 spiro atoms. The molecule has 134 valence electrons. The lowest BCUT2D eigenvalue weighted by molar-refractivity contribution is 0.0254. The first-order valence-electron chi connectivity index (χ1n) is 7.58. The van der Waals surface area contributed by atoms with E-state index < -0.39 is 30.0 Å². The second-order valence-electron chi connectivity index (χ2n) is 5.80. The maximum atomic E-state index is 13.8. The molecule has 0 aliphatic carbocycles. The van der Waals surface area contributed by atoms with Gasteiger partial charge in [-0.05, 0) is 41.4 Å². The zero-order chi connectivity index (χ0) is 18.3. The summed E-state index contributed by atoms with van der Waals surface area (Å²) in [6.07, 6.45) is -2.33. The van der Waals surface area contributed by atoms with Crippen LogP contribution >= 0.6 is 15.9 Å². The maximum absolute atomic E-state index is 13.8. The van der Waals surface area contributed by atoms with E-state index in [9.17, 15) is 22.4 Å². The fourth-order valence-electron chi connectivity index (χ4n) is 2.80. The number of amides is 1. The van der Waals surface area contributed by atoms with Crippen LogP contribution in [0.3, 0.4) is 0 Å². The van der Waals surface area contributed by atoms with Gasteiger partial charge in [0, 0.05) is 17.7 Å². The summed E-state index contributed by atoms with van der Waals surface area (Å²) in [5.74, 6) is -2.05. The minimum absolute atomic E-state index is 0.0300. The van der Waals surface area contributed by atoms with E-state index >= 15 is 0 Å². The number of rotatable bonds is 4. The first kappa shape index (κ1) is 17.9. The number of hydrogen-bond acceptors (Lipinski definition) is 2. The van der Waals surface area contributed by atoms with Crippen molar-refractivity contribution in [1.29, 1.82) is 0 Å². The molecule has 0 fully saturated rings. The Kier molecular flexibility index (Phi) is 4.86. The number of aromatic nitrogens is 2. The van der Waals surface area contributed by atoms with Crippen LogP contribution in [0.5, 0.6) is 0 Å². The van der Waals surface area contributed by atoms with E-state index in [2.05, 4.69) is 21.0 Å². The minimum atomic E-state index is -2.66. The van der Waals surface area contributed by atoms with Gasteiger partial charge in [-0.15, -0.1) is 0 Å². The summed E-state index contributed by atoms with van der Waals surface area (Å²) in [6, 6.07) is 2.29. The third-order valence-corrected chi connectivity index (χ3v) is 5.16. The zero-order valence-electron chi connectivity index (χ0n) is 13.1. The topological polar surface area (TPSA) is 38.1 Å². The molecule has 1 amide bonds. The molecule has 1 atom stereocenters. The fraction of sp³-hybridized carbons (Fsp3) is 0.375. The Bertz CT molecular complexity index is 804. The highest BCUT2D eigenvalue weighted by molar-refractivity contribution is 9.10. The molecule has 9 heteroatoms. The van der Waals surface area contributed by atoms with Crippen LogP contribution in [0.1, 0.15) is 28.5 Å². The average Bonchev–Trinajstić information content (AvgIpc) is 2.88. The molecule has 0 saturated heterocycles. The van der Waals surface area contributed by atoms with Gasteiger partial charge >= 0.3 is 0 Å². The molecule has 1 aliphatic heterocycles. The summed E-state index contributed by atoms with van der Waals surface area (Å²) in [5.41, 5.74) is 0.398. The zero-order valence-corrected chi connectivity index (χ0v) is 14.7. The molecule has 1 aliphatic rings. The number of halogens is 5. The van der Waals surface area contributed by atoms with Crippen molar-refractivity contribution in [3.05, 3.63) is 51.3 Å². The van der Waals surface area contributed by atoms with Crippen molar-refractivity contribution < 1.29 is 22.4 Å². The predicted octanol–water partition coefficient (Wildman–Crippen LogP) is 3.62. The largest absolute Gasteiger partial charge is 0.328 e. The smallest absolute Gasteiger partial charge is 0.275 e. The quantitative estimate of drug-likeness (QED) is 0.709. The van der Waals surface area contributed by atoms with E-state index in [-0.39, 0.29) is 24.3 Å². The summed E-state index contributed by atoms with van der Waals surface area (Å²) in [5, 5.41) is 4.10. The van der Waals surface area contributed by atoms with E-state index in [4.69, 9.17) is 0 Å². The predicted molar refractivity (Wildman–Crippen MR) is 85.6 cm³/mol. The molecule has 25 heavy (non-hydrogen) atoms. The van der Waals surface area contributed by atoms with Gasteiger partial charge in [-0.3, -0.25) is 9.48 Å². The Morgan fingerprint density at radius 2 is 1.92 bits per heavy atom. The number of carbonyl (C=O) groups is 1. The third kappa shape index (κ3) is 3.17. The van der Waals surface area contributed by atoms with Gasteiger partial charge in [-0.1, -0.05) is 6.07 Å². The Hall–Kier alpha value is -1.90. The number of carbonyl (C=O) groups excluding carboxylic acids is 1. The maximum Gasteiger partial charge on any atom is 0.275 e. The number of alkyl halides is 2. The standard InChI is InChI=1S/C16H14BrF4N3O/c1-8(15(20)21)23-6-5-9-13(16(23)25)22-24(14(9)17)7-10-11(18)3-2-4-12(10)19/h2-4,8,15H,5-7H2,1H3. The Morgan fingerprint density at radius 3 is 2.52 bits per heavy atom. The normalized spacial score (nSPS) is 15.6. The highest BCUT2D eigenvalue weighted by Gasteiger charge is 2.36. The van der Waals surface area contributed by atoms with Crippen molar-refractivity contribution in [3.8, 4) is 0 Å². The number of nitrogens with zero attached hydrogens (tertiary/aromatic N) is 3. The van der Waals surface area contributed by atoms with Crippen LogP contribution in [-0.2, 0) is 13.0 Å². The van der Waals surface area contributed by atoms with Gasteiger partial charge < -0.3 is 4.90 Å². The fourth-order valence-corrected chi connectivity index (χ4v) is 3.39. The molecule has 0 radical (unpaired) electrons. The third-order valence-electron chi connectivity index (χ3n) is 4.27. The van der Waals surface area contributed by atoms with Crippen molar-refractivity contribution in [1.82, 2.24) is 14.7 Å². The number of hydrogen-bond donors (Lipinski definition) is 0. The number of fused-ring (bicyclic) bond motifs is 1. The molecule has 2 aromatic rings. The van der Waals surface area contributed by atoms with E-state index in [1.54, 1.807) is 0 Å². The molecule has 0 N–H and O–H groups in total. The second kappa shape index (κ2) is 6.78. The molecule has 1 aromatic heterocycles. The van der Waals surface area contributed by atoms with Crippen LogP contribution in [0.2, 0.25) is 0 Å². The molecule has 1 unspecified atom stereocenters. The van der Waals surface area contributed by atoms with Gasteiger partial charge in [0.05, 0.1) is 12.6 Å². The van der Waals surface area contributed by atoms with E-state index in [0.717, 1.165) is 17.0 Å². The first-order valence-corrected chi connectivity index (χ1v) is 8.37. The summed E-state index contributed by atoms with van der Waals surface area (Å²) in [6.45, 7) is 1.19. The van der Waals surface area contributed by atoms with Crippen molar-refractivity contribution >= 4 is 21.8 Å². The Balaban J connectivity index is 1.94. The van der Waals surface area contributed by atoms with Gasteiger partial charge in [0.1, 0.15) is 16.2 Å². The summed E-state index contributed by atoms with van der Waals surface area (Å²) >= 11 is 3.29. The minimum Gasteiger partial charge on any atom is -0.328 e. The molecule has 1 aromatic carbocycles. The van der Waals surface area contributed by atoms with Crippen LogP contribution < -0.4 is 0 Å². The van der Waals surface area contributed by atoms with Crippen molar-refractivity contribution in [3.63, 3.8) is 0 Å². The van der Waals surface area contributed by atoms with Gasteiger partial charge in [-0.25, -0.2) is 17.6 Å². The molecule has 0 saturated carbocycles. The van der Waals surface area contributed by atoms with Crippen LogP contribution in [0, 0.1) is 11.6 Å². The molecule has 3 rings (SSSR count). The van der Waals surface area contributed by atoms with E-state index in [0.29, 0.717) is 16.6 Å². The van der Waals surface area contributed by atoms with Crippen LogP contribution in [0.15, 0.2) is 22.8 Å². The summed E-state index contributed by atoms with van der Waals surface area (Å²) in [4.78, 5) is 13.5. The van der Waals surface area contributed by atoms with Crippen LogP contribution in [0.4, 0.5) is 17.6 Å². The second-order valence-corrected chi connectivity index (χ2v) is 6.55.